The number of benzene rings is 1. The summed E-state index contributed by atoms with van der Waals surface area (Å²) in [6.07, 6.45) is 0.229. The van der Waals surface area contributed by atoms with E-state index in [9.17, 15) is 18.0 Å². The first-order valence-corrected chi connectivity index (χ1v) is 10.8. The predicted molar refractivity (Wildman–Crippen MR) is 96.4 cm³/mol. The smallest absolute Gasteiger partial charge is 0.254 e. The van der Waals surface area contributed by atoms with Crippen LogP contribution in [0.2, 0.25) is 0 Å². The van der Waals surface area contributed by atoms with E-state index in [1.807, 2.05) is 36.2 Å². The van der Waals surface area contributed by atoms with E-state index in [1.165, 1.54) is 0 Å². The Labute approximate surface area is 153 Å². The van der Waals surface area contributed by atoms with E-state index in [4.69, 9.17) is 0 Å². The fraction of sp³-hybridized carbons (Fsp3) is 0.556. The summed E-state index contributed by atoms with van der Waals surface area (Å²) in [6, 6.07) is 7.12. The van der Waals surface area contributed by atoms with Gasteiger partial charge in [0.25, 0.3) is 5.91 Å². The molecule has 2 amide bonds. The molecule has 0 aromatic heterocycles. The number of hydrogen-bond donors (Lipinski definition) is 0. The van der Waals surface area contributed by atoms with E-state index in [1.54, 1.807) is 9.80 Å². The summed E-state index contributed by atoms with van der Waals surface area (Å²) in [5, 5.41) is 0. The Balaban J connectivity index is 1.41. The number of fused-ring (bicyclic) bond motifs is 2. The van der Waals surface area contributed by atoms with Crippen LogP contribution in [-0.2, 0) is 21.2 Å². The molecule has 3 aliphatic rings. The molecule has 0 saturated carbocycles. The normalized spacial score (nSPS) is 27.5. The lowest BCUT2D eigenvalue weighted by atomic mass is 10.0. The van der Waals surface area contributed by atoms with Crippen molar-refractivity contribution in [3.05, 3.63) is 35.4 Å². The molecular weight excluding hydrogens is 354 g/mol. The molecule has 2 atom stereocenters. The molecule has 1 aromatic carbocycles. The number of sulfone groups is 1. The summed E-state index contributed by atoms with van der Waals surface area (Å²) in [5.74, 6) is 0.0710. The van der Waals surface area contributed by atoms with Crippen LogP contribution >= 0.6 is 0 Å². The number of amides is 2. The van der Waals surface area contributed by atoms with Crippen LogP contribution in [0.1, 0.15) is 22.3 Å². The van der Waals surface area contributed by atoms with Crippen LogP contribution < -0.4 is 0 Å². The molecule has 3 aliphatic heterocycles. The Kier molecular flexibility index (Phi) is 4.27. The van der Waals surface area contributed by atoms with Crippen LogP contribution in [0, 0.1) is 0 Å². The molecule has 0 unspecified atom stereocenters. The lowest BCUT2D eigenvalue weighted by molar-refractivity contribution is -0.136. The molecule has 0 aliphatic carbocycles. The number of likely N-dealkylation sites (N-methyl/N-ethyl adjacent to an activating group) is 1. The Bertz CT molecular complexity index is 854. The first kappa shape index (κ1) is 17.5. The van der Waals surface area contributed by atoms with Crippen LogP contribution in [0.15, 0.2) is 24.3 Å². The lowest BCUT2D eigenvalue weighted by Crippen LogP contribution is -2.59. The van der Waals surface area contributed by atoms with E-state index in [0.29, 0.717) is 31.7 Å². The Morgan fingerprint density at radius 2 is 1.88 bits per heavy atom. The molecule has 3 heterocycles. The summed E-state index contributed by atoms with van der Waals surface area (Å²) >= 11 is 0. The Morgan fingerprint density at radius 1 is 1.15 bits per heavy atom. The van der Waals surface area contributed by atoms with Crippen molar-refractivity contribution in [3.63, 3.8) is 0 Å². The van der Waals surface area contributed by atoms with Gasteiger partial charge in [-0.15, -0.1) is 0 Å². The third-order valence-electron chi connectivity index (χ3n) is 5.77. The third-order valence-corrected chi connectivity index (χ3v) is 7.46. The average Bonchev–Trinajstić information content (AvgIpc) is 3.10. The SMILES string of the molecule is CN1CCN(C(=O)CCN2Cc3ccccc3C2=O)[C@H]2CS(=O)(=O)C[C@H]21. The van der Waals surface area contributed by atoms with Gasteiger partial charge in [0.2, 0.25) is 5.91 Å². The minimum atomic E-state index is -3.10. The maximum absolute atomic E-state index is 12.8. The molecule has 26 heavy (non-hydrogen) atoms. The van der Waals surface area contributed by atoms with Gasteiger partial charge in [-0.2, -0.15) is 0 Å². The van der Waals surface area contributed by atoms with Gasteiger partial charge in [-0.3, -0.25) is 14.5 Å². The summed E-state index contributed by atoms with van der Waals surface area (Å²) in [4.78, 5) is 30.6. The summed E-state index contributed by atoms with van der Waals surface area (Å²) < 4.78 is 24.1. The first-order chi connectivity index (χ1) is 12.4. The maximum Gasteiger partial charge on any atom is 0.254 e. The van der Waals surface area contributed by atoms with Crippen molar-refractivity contribution in [2.24, 2.45) is 0 Å². The standard InChI is InChI=1S/C18H23N3O4S/c1-19-8-9-21(16-12-26(24,25)11-15(16)19)17(22)6-7-20-10-13-4-2-3-5-14(13)18(20)23/h2-5,15-16H,6-12H2,1H3/t15-,16+/m1/s1. The molecule has 4 rings (SSSR count). The molecule has 0 N–H and O–H groups in total. The van der Waals surface area contributed by atoms with Crippen molar-refractivity contribution in [3.8, 4) is 0 Å². The second-order valence-corrected chi connectivity index (χ2v) is 9.57. The molecular formula is C18H23N3O4S. The van der Waals surface area contributed by atoms with Crippen LogP contribution in [0.5, 0.6) is 0 Å². The highest BCUT2D eigenvalue weighted by Gasteiger charge is 2.46. The molecule has 2 fully saturated rings. The van der Waals surface area contributed by atoms with E-state index < -0.39 is 9.84 Å². The Morgan fingerprint density at radius 3 is 2.65 bits per heavy atom. The predicted octanol–water partition coefficient (Wildman–Crippen LogP) is -0.0279. The molecule has 8 heteroatoms. The van der Waals surface area contributed by atoms with Crippen LogP contribution in [-0.4, -0.2) is 85.2 Å². The minimum Gasteiger partial charge on any atom is -0.336 e. The zero-order valence-electron chi connectivity index (χ0n) is 14.8. The number of hydrogen-bond acceptors (Lipinski definition) is 5. The van der Waals surface area contributed by atoms with Crippen LogP contribution in [0.25, 0.3) is 0 Å². The number of carbonyl (C=O) groups excluding carboxylic acids is 2. The van der Waals surface area contributed by atoms with E-state index >= 15 is 0 Å². The van der Waals surface area contributed by atoms with Crippen molar-refractivity contribution in [2.75, 3.05) is 38.2 Å². The first-order valence-electron chi connectivity index (χ1n) is 8.93. The second kappa shape index (κ2) is 6.35. The van der Waals surface area contributed by atoms with E-state index in [2.05, 4.69) is 0 Å². The summed E-state index contributed by atoms with van der Waals surface area (Å²) in [7, 11) is -1.19. The number of piperazine rings is 1. The molecule has 0 bridgehead atoms. The molecule has 7 nitrogen and oxygen atoms in total. The highest BCUT2D eigenvalue weighted by atomic mass is 32.2. The largest absolute Gasteiger partial charge is 0.336 e. The van der Waals surface area contributed by atoms with Gasteiger partial charge >= 0.3 is 0 Å². The maximum atomic E-state index is 12.8. The van der Waals surface area contributed by atoms with Crippen molar-refractivity contribution < 1.29 is 18.0 Å². The van der Waals surface area contributed by atoms with Crippen LogP contribution in [0.3, 0.4) is 0 Å². The van der Waals surface area contributed by atoms with Gasteiger partial charge in [0, 0.05) is 44.2 Å². The van der Waals surface area contributed by atoms with Crippen molar-refractivity contribution >= 4 is 21.7 Å². The van der Waals surface area contributed by atoms with Gasteiger partial charge in [0.05, 0.1) is 17.5 Å². The fourth-order valence-corrected chi connectivity index (χ4v) is 6.36. The molecule has 1 aromatic rings. The highest BCUT2D eigenvalue weighted by molar-refractivity contribution is 7.91. The van der Waals surface area contributed by atoms with Crippen molar-refractivity contribution in [1.82, 2.24) is 14.7 Å². The van der Waals surface area contributed by atoms with Gasteiger partial charge in [-0.25, -0.2) is 8.42 Å². The molecule has 0 radical (unpaired) electrons. The summed E-state index contributed by atoms with van der Waals surface area (Å²) in [6.45, 7) is 2.12. The fourth-order valence-electron chi connectivity index (χ4n) is 4.31. The van der Waals surface area contributed by atoms with Gasteiger partial charge in [0.1, 0.15) is 0 Å². The van der Waals surface area contributed by atoms with Crippen molar-refractivity contribution in [2.45, 2.75) is 25.0 Å². The van der Waals surface area contributed by atoms with E-state index in [-0.39, 0.29) is 41.8 Å². The topological polar surface area (TPSA) is 78.0 Å². The monoisotopic (exact) mass is 377 g/mol. The van der Waals surface area contributed by atoms with Crippen molar-refractivity contribution in [1.29, 1.82) is 0 Å². The van der Waals surface area contributed by atoms with Gasteiger partial charge < -0.3 is 9.80 Å². The summed E-state index contributed by atoms with van der Waals surface area (Å²) in [5.41, 5.74) is 1.70. The zero-order chi connectivity index (χ0) is 18.5. The van der Waals surface area contributed by atoms with Gasteiger partial charge in [-0.1, -0.05) is 18.2 Å². The van der Waals surface area contributed by atoms with Gasteiger partial charge in [-0.05, 0) is 18.7 Å². The lowest BCUT2D eigenvalue weighted by Gasteiger charge is -2.42. The second-order valence-electron chi connectivity index (χ2n) is 7.41. The zero-order valence-corrected chi connectivity index (χ0v) is 15.6. The quantitative estimate of drug-likeness (QED) is 0.739. The number of carbonyl (C=O) groups is 2. The average molecular weight is 377 g/mol. The third kappa shape index (κ3) is 3.01. The molecule has 2 saturated heterocycles. The minimum absolute atomic E-state index is 0.0342. The highest BCUT2D eigenvalue weighted by Crippen LogP contribution is 2.27. The van der Waals surface area contributed by atoms with Crippen LogP contribution in [0.4, 0.5) is 0 Å². The number of nitrogens with zero attached hydrogens (tertiary/aromatic N) is 3. The van der Waals surface area contributed by atoms with Gasteiger partial charge in [0.15, 0.2) is 9.84 Å². The van der Waals surface area contributed by atoms with E-state index in [0.717, 1.165) is 5.56 Å². The Hall–Kier alpha value is -1.93. The number of rotatable bonds is 3. The molecule has 0 spiro atoms. The molecule has 140 valence electrons.